The average Bonchev–Trinajstić information content (AvgIpc) is 2.55. The quantitative estimate of drug-likeness (QED) is 0.898. The molecule has 1 aliphatic rings. The van der Waals surface area contributed by atoms with E-state index in [9.17, 15) is 13.2 Å². The average molecular weight is 367 g/mol. The number of benzene rings is 1. The van der Waals surface area contributed by atoms with Crippen molar-refractivity contribution >= 4 is 27.5 Å². The molecule has 8 heteroatoms. The van der Waals surface area contributed by atoms with Gasteiger partial charge in [0, 0.05) is 12.6 Å². The number of para-hydroxylation sites is 1. The number of halogens is 1. The first-order valence-electron chi connectivity index (χ1n) is 7.34. The molecule has 1 aliphatic heterocycles. The molecule has 0 fully saturated rings. The molecule has 3 rings (SSSR count). The van der Waals surface area contributed by atoms with Crippen molar-refractivity contribution in [3.8, 4) is 5.75 Å². The number of amides is 1. The van der Waals surface area contributed by atoms with Crippen LogP contribution in [0.5, 0.6) is 5.75 Å². The van der Waals surface area contributed by atoms with E-state index in [0.717, 1.165) is 11.3 Å². The summed E-state index contributed by atoms with van der Waals surface area (Å²) < 4.78 is 32.0. The second-order valence-corrected chi connectivity index (χ2v) is 7.49. The van der Waals surface area contributed by atoms with Crippen molar-refractivity contribution in [2.75, 3.05) is 6.61 Å². The third-order valence-electron chi connectivity index (χ3n) is 3.74. The Morgan fingerprint density at radius 3 is 2.83 bits per heavy atom. The summed E-state index contributed by atoms with van der Waals surface area (Å²) in [6.07, 6.45) is 1.94. The van der Waals surface area contributed by atoms with Gasteiger partial charge < -0.3 is 4.74 Å². The van der Waals surface area contributed by atoms with Gasteiger partial charge in [-0.25, -0.2) is 9.71 Å². The van der Waals surface area contributed by atoms with Crippen LogP contribution >= 0.6 is 11.6 Å². The molecule has 0 spiro atoms. The Bertz CT molecular complexity index is 853. The maximum Gasteiger partial charge on any atom is 0.281 e. The van der Waals surface area contributed by atoms with Crippen molar-refractivity contribution in [3.05, 3.63) is 53.2 Å². The highest BCUT2D eigenvalue weighted by Crippen LogP contribution is 2.35. The molecular weight excluding hydrogens is 352 g/mol. The summed E-state index contributed by atoms with van der Waals surface area (Å²) in [5, 5.41) is 0.0757. The van der Waals surface area contributed by atoms with Crippen LogP contribution in [0.15, 0.2) is 47.6 Å². The molecule has 1 aromatic carbocycles. The molecule has 0 unspecified atom stereocenters. The monoisotopic (exact) mass is 366 g/mol. The van der Waals surface area contributed by atoms with Crippen LogP contribution in [0, 0.1) is 0 Å². The van der Waals surface area contributed by atoms with E-state index in [2.05, 4.69) is 9.71 Å². The number of rotatable bonds is 4. The molecule has 1 aromatic heterocycles. The smallest absolute Gasteiger partial charge is 0.281 e. The fourth-order valence-electron chi connectivity index (χ4n) is 2.62. The number of pyridine rings is 1. The summed E-state index contributed by atoms with van der Waals surface area (Å²) in [5.74, 6) is 0.0838. The van der Waals surface area contributed by atoms with Gasteiger partial charge >= 0.3 is 0 Å². The van der Waals surface area contributed by atoms with E-state index in [1.165, 1.54) is 18.3 Å². The van der Waals surface area contributed by atoms with Crippen molar-refractivity contribution in [3.63, 3.8) is 0 Å². The Hall–Kier alpha value is -2.12. The van der Waals surface area contributed by atoms with Gasteiger partial charge in [0.05, 0.1) is 11.6 Å². The Morgan fingerprint density at radius 1 is 1.29 bits per heavy atom. The van der Waals surface area contributed by atoms with Crippen LogP contribution in [0.25, 0.3) is 0 Å². The van der Waals surface area contributed by atoms with E-state index in [4.69, 9.17) is 16.3 Å². The van der Waals surface area contributed by atoms with Crippen molar-refractivity contribution in [2.24, 2.45) is 0 Å². The van der Waals surface area contributed by atoms with Crippen LogP contribution in [0.1, 0.15) is 24.3 Å². The number of nitrogens with zero attached hydrogens (tertiary/aromatic N) is 1. The summed E-state index contributed by atoms with van der Waals surface area (Å²) in [7, 11) is -4.00. The Kier molecular flexibility index (Phi) is 4.73. The largest absolute Gasteiger partial charge is 0.493 e. The van der Waals surface area contributed by atoms with Crippen LogP contribution in [0.4, 0.5) is 0 Å². The lowest BCUT2D eigenvalue weighted by Crippen LogP contribution is -2.32. The highest BCUT2D eigenvalue weighted by atomic mass is 35.5. The minimum absolute atomic E-state index is 0.0627. The molecule has 1 atom stereocenters. The standard InChI is InChI=1S/C16H15ClN2O4S/c17-12-5-6-16(18-10-12)24(21,22)19-15(20)9-11-7-8-23-14-4-2-1-3-13(11)14/h1-6,10-11H,7-9H2,(H,19,20)/t11-/m1/s1. The summed E-state index contributed by atoms with van der Waals surface area (Å²) in [6.45, 7) is 0.500. The molecule has 0 bridgehead atoms. The van der Waals surface area contributed by atoms with Crippen molar-refractivity contribution in [1.82, 2.24) is 9.71 Å². The van der Waals surface area contributed by atoms with E-state index in [1.54, 1.807) is 0 Å². The zero-order chi connectivity index (χ0) is 17.2. The Balaban J connectivity index is 1.71. The van der Waals surface area contributed by atoms with Crippen molar-refractivity contribution < 1.29 is 17.9 Å². The highest BCUT2D eigenvalue weighted by molar-refractivity contribution is 7.90. The number of aromatic nitrogens is 1. The number of carbonyl (C=O) groups excluding carboxylic acids is 1. The minimum Gasteiger partial charge on any atom is -0.493 e. The summed E-state index contributed by atoms with van der Waals surface area (Å²) in [6, 6.07) is 10.1. The predicted octanol–water partition coefficient (Wildman–Crippen LogP) is 2.50. The van der Waals surface area contributed by atoms with Crippen molar-refractivity contribution in [2.45, 2.75) is 23.8 Å². The third-order valence-corrected chi connectivity index (χ3v) is 5.25. The molecule has 1 amide bonds. The lowest BCUT2D eigenvalue weighted by Gasteiger charge is -2.25. The minimum atomic E-state index is -4.00. The predicted molar refractivity (Wildman–Crippen MR) is 88.5 cm³/mol. The molecular formula is C16H15ClN2O4S. The van der Waals surface area contributed by atoms with Crippen LogP contribution in [0.2, 0.25) is 5.02 Å². The first kappa shape index (κ1) is 16.7. The summed E-state index contributed by atoms with van der Waals surface area (Å²) in [4.78, 5) is 15.9. The molecule has 6 nitrogen and oxygen atoms in total. The Morgan fingerprint density at radius 2 is 2.08 bits per heavy atom. The number of hydrogen-bond donors (Lipinski definition) is 1. The molecule has 24 heavy (non-hydrogen) atoms. The van der Waals surface area contributed by atoms with Crippen molar-refractivity contribution in [1.29, 1.82) is 0 Å². The fraction of sp³-hybridized carbons (Fsp3) is 0.250. The van der Waals surface area contributed by atoms with Gasteiger partial charge in [0.15, 0.2) is 5.03 Å². The lowest BCUT2D eigenvalue weighted by atomic mass is 9.90. The lowest BCUT2D eigenvalue weighted by molar-refractivity contribution is -0.119. The van der Waals surface area contributed by atoms with Gasteiger partial charge in [-0.1, -0.05) is 29.8 Å². The second kappa shape index (κ2) is 6.78. The molecule has 0 radical (unpaired) electrons. The maximum absolute atomic E-state index is 12.2. The maximum atomic E-state index is 12.2. The first-order chi connectivity index (χ1) is 11.5. The topological polar surface area (TPSA) is 85.4 Å². The van der Waals surface area contributed by atoms with Crippen LogP contribution in [-0.2, 0) is 14.8 Å². The number of hydrogen-bond acceptors (Lipinski definition) is 5. The molecule has 0 saturated carbocycles. The van der Waals surface area contributed by atoms with E-state index < -0.39 is 15.9 Å². The molecule has 2 heterocycles. The third kappa shape index (κ3) is 3.68. The summed E-state index contributed by atoms with van der Waals surface area (Å²) >= 11 is 5.69. The van der Waals surface area contributed by atoms with E-state index >= 15 is 0 Å². The van der Waals surface area contributed by atoms with Crippen LogP contribution < -0.4 is 9.46 Å². The van der Waals surface area contributed by atoms with Gasteiger partial charge in [-0.2, -0.15) is 8.42 Å². The van der Waals surface area contributed by atoms with Crippen LogP contribution in [0.3, 0.4) is 0 Å². The van der Waals surface area contributed by atoms with E-state index in [-0.39, 0.29) is 17.4 Å². The van der Waals surface area contributed by atoms with Gasteiger partial charge in [0.2, 0.25) is 5.91 Å². The first-order valence-corrected chi connectivity index (χ1v) is 9.21. The van der Waals surface area contributed by atoms with E-state index in [1.807, 2.05) is 24.3 Å². The molecule has 126 valence electrons. The normalized spacial score (nSPS) is 16.8. The zero-order valence-electron chi connectivity index (χ0n) is 12.6. The van der Waals surface area contributed by atoms with Gasteiger partial charge in [-0.3, -0.25) is 4.79 Å². The number of nitrogens with one attached hydrogen (secondary N) is 1. The zero-order valence-corrected chi connectivity index (χ0v) is 14.2. The van der Waals surface area contributed by atoms with E-state index in [0.29, 0.717) is 18.1 Å². The highest BCUT2D eigenvalue weighted by Gasteiger charge is 2.26. The molecule has 2 aromatic rings. The fourth-order valence-corrected chi connectivity index (χ4v) is 3.65. The van der Waals surface area contributed by atoms with Gasteiger partial charge in [0.25, 0.3) is 10.0 Å². The second-order valence-electron chi connectivity index (χ2n) is 5.42. The van der Waals surface area contributed by atoms with Gasteiger partial charge in [-0.15, -0.1) is 0 Å². The molecule has 1 N–H and O–H groups in total. The van der Waals surface area contributed by atoms with Crippen LogP contribution in [-0.4, -0.2) is 25.9 Å². The number of carbonyl (C=O) groups is 1. The Labute approximate surface area is 144 Å². The van der Waals surface area contributed by atoms with Gasteiger partial charge in [-0.05, 0) is 36.1 Å². The molecule has 0 saturated heterocycles. The SMILES string of the molecule is O=C(C[C@H]1CCOc2ccccc21)NS(=O)(=O)c1ccc(Cl)cn1. The summed E-state index contributed by atoms with van der Waals surface area (Å²) in [5.41, 5.74) is 0.918. The molecule has 0 aliphatic carbocycles. The number of ether oxygens (including phenoxy) is 1. The van der Waals surface area contributed by atoms with Gasteiger partial charge in [0.1, 0.15) is 5.75 Å². The number of fused-ring (bicyclic) bond motifs is 1. The number of sulfonamides is 1.